The fraction of sp³-hybridized carbons (Fsp3) is 0.276. The molecule has 6 rings (SSSR count). The van der Waals surface area contributed by atoms with Crippen LogP contribution in [0.3, 0.4) is 0 Å². The maximum absolute atomic E-state index is 14.7. The second-order valence-electron chi connectivity index (χ2n) is 9.21. The Labute approximate surface area is 203 Å². The number of amides is 1. The molecule has 2 unspecified atom stereocenters. The maximum atomic E-state index is 14.7. The summed E-state index contributed by atoms with van der Waals surface area (Å²) in [5.74, 6) is 0.155. The zero-order chi connectivity index (χ0) is 23.9. The van der Waals surface area contributed by atoms with Gasteiger partial charge in [0, 0.05) is 17.5 Å². The van der Waals surface area contributed by atoms with E-state index in [1.165, 1.54) is 35.4 Å². The number of rotatable bonds is 4. The number of fused-ring (bicyclic) bond motifs is 5. The molecule has 6 heteroatoms. The summed E-state index contributed by atoms with van der Waals surface area (Å²) >= 11 is 0. The van der Waals surface area contributed by atoms with E-state index < -0.39 is 0 Å². The van der Waals surface area contributed by atoms with Gasteiger partial charge < -0.3 is 14.2 Å². The van der Waals surface area contributed by atoms with Crippen LogP contribution in [0.5, 0.6) is 5.75 Å². The standard InChI is InChI=1S/C29H26FNO4/c1-33-21-10-11-22(28(30)14-21)18-12-19-15-34-16-20(13-18)31(19)29(32)35-17-27-25-8-4-2-6-23(25)24-7-3-5-9-26(24)27/h2-12,14,19-20,27H,13,15-17H2,1H3. The number of methoxy groups -OCH3 is 1. The van der Waals surface area contributed by atoms with Gasteiger partial charge in [-0.25, -0.2) is 9.18 Å². The van der Waals surface area contributed by atoms with Gasteiger partial charge in [-0.1, -0.05) is 54.6 Å². The molecule has 0 radical (unpaired) electrons. The van der Waals surface area contributed by atoms with E-state index in [0.29, 0.717) is 30.9 Å². The average molecular weight is 472 g/mol. The highest BCUT2D eigenvalue weighted by Gasteiger charge is 2.40. The van der Waals surface area contributed by atoms with Gasteiger partial charge in [-0.2, -0.15) is 0 Å². The van der Waals surface area contributed by atoms with Crippen LogP contribution in [0.15, 0.2) is 72.8 Å². The van der Waals surface area contributed by atoms with Crippen molar-refractivity contribution in [2.75, 3.05) is 26.9 Å². The molecule has 2 aliphatic heterocycles. The predicted molar refractivity (Wildman–Crippen MR) is 131 cm³/mol. The van der Waals surface area contributed by atoms with Crippen molar-refractivity contribution in [2.24, 2.45) is 0 Å². The molecule has 2 atom stereocenters. The van der Waals surface area contributed by atoms with Crippen molar-refractivity contribution in [3.63, 3.8) is 0 Å². The van der Waals surface area contributed by atoms with Crippen LogP contribution >= 0.6 is 0 Å². The minimum atomic E-state index is -0.351. The summed E-state index contributed by atoms with van der Waals surface area (Å²) in [5, 5.41) is 0. The molecular formula is C29H26FNO4. The molecule has 0 N–H and O–H groups in total. The third-order valence-corrected chi connectivity index (χ3v) is 7.27. The Hall–Kier alpha value is -3.64. The molecule has 1 aliphatic carbocycles. The Balaban J connectivity index is 1.22. The number of nitrogens with zero attached hydrogens (tertiary/aromatic N) is 1. The van der Waals surface area contributed by atoms with Gasteiger partial charge >= 0.3 is 6.09 Å². The van der Waals surface area contributed by atoms with E-state index in [4.69, 9.17) is 14.2 Å². The van der Waals surface area contributed by atoms with Crippen LogP contribution in [0.4, 0.5) is 9.18 Å². The summed E-state index contributed by atoms with van der Waals surface area (Å²) in [7, 11) is 1.52. The molecule has 2 heterocycles. The van der Waals surface area contributed by atoms with Gasteiger partial charge in [0.1, 0.15) is 18.2 Å². The molecule has 1 saturated heterocycles. The van der Waals surface area contributed by atoms with Crippen molar-refractivity contribution >= 4 is 11.7 Å². The van der Waals surface area contributed by atoms with Gasteiger partial charge in [0.15, 0.2) is 0 Å². The highest BCUT2D eigenvalue weighted by Crippen LogP contribution is 2.44. The number of hydrogen-bond acceptors (Lipinski definition) is 4. The van der Waals surface area contributed by atoms with E-state index in [0.717, 1.165) is 5.57 Å². The van der Waals surface area contributed by atoms with Gasteiger partial charge in [0.25, 0.3) is 0 Å². The number of morpholine rings is 1. The summed E-state index contributed by atoms with van der Waals surface area (Å²) in [6.07, 6.45) is 2.09. The molecule has 0 spiro atoms. The normalized spacial score (nSPS) is 20.6. The van der Waals surface area contributed by atoms with Gasteiger partial charge in [-0.05, 0) is 46.4 Å². The zero-order valence-electron chi connectivity index (χ0n) is 19.4. The third-order valence-electron chi connectivity index (χ3n) is 7.27. The lowest BCUT2D eigenvalue weighted by Crippen LogP contribution is -2.56. The quantitative estimate of drug-likeness (QED) is 0.494. The summed E-state index contributed by atoms with van der Waals surface area (Å²) in [6, 6.07) is 20.9. The Morgan fingerprint density at radius 3 is 2.37 bits per heavy atom. The van der Waals surface area contributed by atoms with Crippen LogP contribution < -0.4 is 4.74 Å². The van der Waals surface area contributed by atoms with Crippen molar-refractivity contribution < 1.29 is 23.4 Å². The lowest BCUT2D eigenvalue weighted by atomic mass is 9.90. The monoisotopic (exact) mass is 471 g/mol. The first-order chi connectivity index (χ1) is 17.1. The SMILES string of the molecule is COc1ccc(C2=CC3COCC(C2)N3C(=O)OCC2c3ccccc3-c3ccccc32)c(F)c1. The fourth-order valence-corrected chi connectivity index (χ4v) is 5.63. The van der Waals surface area contributed by atoms with E-state index in [-0.39, 0.29) is 36.5 Å². The van der Waals surface area contributed by atoms with Gasteiger partial charge in [-0.15, -0.1) is 0 Å². The maximum Gasteiger partial charge on any atom is 0.410 e. The minimum absolute atomic E-state index is 0.00623. The van der Waals surface area contributed by atoms with Gasteiger partial charge in [0.2, 0.25) is 0 Å². The molecule has 3 aromatic carbocycles. The lowest BCUT2D eigenvalue weighted by molar-refractivity contribution is -0.0331. The first-order valence-corrected chi connectivity index (χ1v) is 11.9. The van der Waals surface area contributed by atoms with Crippen molar-refractivity contribution in [1.82, 2.24) is 4.90 Å². The van der Waals surface area contributed by atoms with Crippen molar-refractivity contribution in [1.29, 1.82) is 0 Å². The molecule has 0 aromatic heterocycles. The van der Waals surface area contributed by atoms with Crippen molar-refractivity contribution in [2.45, 2.75) is 24.4 Å². The highest BCUT2D eigenvalue weighted by molar-refractivity contribution is 5.79. The molecule has 1 amide bonds. The van der Waals surface area contributed by atoms with Crippen LogP contribution in [-0.4, -0.2) is 50.0 Å². The first kappa shape index (κ1) is 21.9. The molecule has 5 nitrogen and oxygen atoms in total. The van der Waals surface area contributed by atoms with Gasteiger partial charge in [-0.3, -0.25) is 4.90 Å². The second kappa shape index (κ2) is 8.86. The number of ether oxygens (including phenoxy) is 3. The van der Waals surface area contributed by atoms with E-state index in [1.807, 2.05) is 30.3 Å². The first-order valence-electron chi connectivity index (χ1n) is 11.9. The summed E-state index contributed by atoms with van der Waals surface area (Å²) in [5.41, 5.74) is 6.17. The van der Waals surface area contributed by atoms with Crippen LogP contribution in [0.25, 0.3) is 16.7 Å². The third kappa shape index (κ3) is 3.78. The smallest absolute Gasteiger partial charge is 0.410 e. The largest absolute Gasteiger partial charge is 0.497 e. The fourth-order valence-electron chi connectivity index (χ4n) is 5.63. The van der Waals surface area contributed by atoms with Crippen LogP contribution in [0.1, 0.15) is 29.0 Å². The van der Waals surface area contributed by atoms with Crippen LogP contribution in [-0.2, 0) is 9.47 Å². The van der Waals surface area contributed by atoms with Crippen LogP contribution in [0.2, 0.25) is 0 Å². The summed E-state index contributed by atoms with van der Waals surface area (Å²) in [4.78, 5) is 15.1. The number of hydrogen-bond donors (Lipinski definition) is 0. The summed E-state index contributed by atoms with van der Waals surface area (Å²) in [6.45, 7) is 1.03. The Morgan fingerprint density at radius 1 is 1.00 bits per heavy atom. The lowest BCUT2D eigenvalue weighted by Gasteiger charge is -2.44. The average Bonchev–Trinajstić information content (AvgIpc) is 3.20. The molecule has 3 aromatic rings. The number of carbonyl (C=O) groups is 1. The second-order valence-corrected chi connectivity index (χ2v) is 9.21. The molecule has 3 aliphatic rings. The summed E-state index contributed by atoms with van der Waals surface area (Å²) < 4.78 is 31.5. The van der Waals surface area contributed by atoms with Gasteiger partial charge in [0.05, 0.1) is 32.4 Å². The number of halogens is 1. The van der Waals surface area contributed by atoms with Crippen LogP contribution in [0, 0.1) is 5.82 Å². The Kier molecular flexibility index (Phi) is 5.53. The minimum Gasteiger partial charge on any atom is -0.497 e. The zero-order valence-corrected chi connectivity index (χ0v) is 19.4. The van der Waals surface area contributed by atoms with E-state index in [2.05, 4.69) is 24.3 Å². The van der Waals surface area contributed by atoms with Crippen molar-refractivity contribution in [3.8, 4) is 16.9 Å². The topological polar surface area (TPSA) is 48.0 Å². The Morgan fingerprint density at radius 2 is 1.71 bits per heavy atom. The molecule has 2 bridgehead atoms. The molecule has 178 valence electrons. The van der Waals surface area contributed by atoms with E-state index >= 15 is 0 Å². The molecule has 35 heavy (non-hydrogen) atoms. The Bertz CT molecular complexity index is 1270. The predicted octanol–water partition coefficient (Wildman–Crippen LogP) is 5.64. The molecular weight excluding hydrogens is 445 g/mol. The van der Waals surface area contributed by atoms with Crippen molar-refractivity contribution in [3.05, 3.63) is 95.3 Å². The molecule has 0 saturated carbocycles. The van der Waals surface area contributed by atoms with E-state index in [9.17, 15) is 9.18 Å². The van der Waals surface area contributed by atoms with E-state index in [1.54, 1.807) is 17.0 Å². The number of carbonyl (C=O) groups excluding carboxylic acids is 1. The number of benzene rings is 3. The highest BCUT2D eigenvalue weighted by atomic mass is 19.1. The molecule has 1 fully saturated rings.